The molecule has 1 aromatic heterocycles. The lowest BCUT2D eigenvalue weighted by Crippen LogP contribution is -2.19. The first kappa shape index (κ1) is 12.1. The van der Waals surface area contributed by atoms with Crippen LogP contribution in [0.15, 0.2) is 6.07 Å². The van der Waals surface area contributed by atoms with Crippen LogP contribution in [-0.2, 0) is 6.42 Å². The molecule has 0 saturated carbocycles. The quantitative estimate of drug-likeness (QED) is 0.805. The third-order valence-electron chi connectivity index (χ3n) is 2.66. The molecular weight excluding hydrogens is 186 g/mol. The van der Waals surface area contributed by atoms with Gasteiger partial charge in [0.2, 0.25) is 0 Å². The van der Waals surface area contributed by atoms with Gasteiger partial charge in [0.1, 0.15) is 0 Å². The molecule has 15 heavy (non-hydrogen) atoms. The monoisotopic (exact) mass is 207 g/mol. The zero-order valence-electron chi connectivity index (χ0n) is 10.2. The molecule has 1 atom stereocenters. The lowest BCUT2D eigenvalue weighted by atomic mass is 9.99. The topological polar surface area (TPSA) is 37.8 Å². The van der Waals surface area contributed by atoms with E-state index in [1.807, 2.05) is 14.0 Å². The molecule has 0 aliphatic heterocycles. The van der Waals surface area contributed by atoms with Crippen LogP contribution in [0.5, 0.6) is 0 Å². The predicted molar refractivity (Wildman–Crippen MR) is 62.9 cm³/mol. The molecule has 0 aliphatic carbocycles. The standard InChI is InChI=1S/C12H21N3/c1-5-7-12(13-4)10-8-9(3)14-15-11(10)6-2/h8,12-13H,5-7H2,1-4H3. The number of hydrogen-bond donors (Lipinski definition) is 1. The van der Waals surface area contributed by atoms with Crippen molar-refractivity contribution in [1.29, 1.82) is 0 Å². The number of rotatable bonds is 5. The van der Waals surface area contributed by atoms with Crippen LogP contribution in [0.3, 0.4) is 0 Å². The molecule has 0 fully saturated rings. The fraction of sp³-hybridized carbons (Fsp3) is 0.667. The number of aryl methyl sites for hydroxylation is 2. The molecule has 3 nitrogen and oxygen atoms in total. The summed E-state index contributed by atoms with van der Waals surface area (Å²) in [6.45, 7) is 6.33. The van der Waals surface area contributed by atoms with Crippen LogP contribution < -0.4 is 5.32 Å². The first-order valence-corrected chi connectivity index (χ1v) is 5.73. The van der Waals surface area contributed by atoms with Crippen LogP contribution in [0.2, 0.25) is 0 Å². The van der Waals surface area contributed by atoms with Crippen LogP contribution in [0.25, 0.3) is 0 Å². The summed E-state index contributed by atoms with van der Waals surface area (Å²) in [4.78, 5) is 0. The minimum absolute atomic E-state index is 0.416. The summed E-state index contributed by atoms with van der Waals surface area (Å²) in [5, 5.41) is 11.7. The molecule has 0 bridgehead atoms. The largest absolute Gasteiger partial charge is 0.313 e. The minimum atomic E-state index is 0.416. The van der Waals surface area contributed by atoms with Gasteiger partial charge in [-0.25, -0.2) is 0 Å². The Labute approximate surface area is 92.3 Å². The van der Waals surface area contributed by atoms with E-state index in [2.05, 4.69) is 35.4 Å². The van der Waals surface area contributed by atoms with E-state index < -0.39 is 0 Å². The Morgan fingerprint density at radius 2 is 2.07 bits per heavy atom. The lowest BCUT2D eigenvalue weighted by Gasteiger charge is -2.18. The van der Waals surface area contributed by atoms with Crippen molar-refractivity contribution in [2.24, 2.45) is 0 Å². The first-order valence-electron chi connectivity index (χ1n) is 5.73. The highest BCUT2D eigenvalue weighted by Crippen LogP contribution is 2.21. The van der Waals surface area contributed by atoms with E-state index in [1.165, 1.54) is 12.0 Å². The molecule has 1 heterocycles. The van der Waals surface area contributed by atoms with Gasteiger partial charge >= 0.3 is 0 Å². The molecule has 0 aromatic carbocycles. The molecule has 0 aliphatic rings. The Kier molecular flexibility index (Phi) is 4.69. The van der Waals surface area contributed by atoms with Crippen LogP contribution in [0.4, 0.5) is 0 Å². The van der Waals surface area contributed by atoms with Gasteiger partial charge in [-0.15, -0.1) is 0 Å². The highest BCUT2D eigenvalue weighted by molar-refractivity contribution is 5.24. The highest BCUT2D eigenvalue weighted by atomic mass is 15.1. The molecule has 1 unspecified atom stereocenters. The van der Waals surface area contributed by atoms with Crippen LogP contribution in [0, 0.1) is 6.92 Å². The van der Waals surface area contributed by atoms with E-state index >= 15 is 0 Å². The summed E-state index contributed by atoms with van der Waals surface area (Å²) in [6.07, 6.45) is 3.27. The maximum absolute atomic E-state index is 4.26. The molecule has 84 valence electrons. The zero-order valence-corrected chi connectivity index (χ0v) is 10.2. The number of hydrogen-bond acceptors (Lipinski definition) is 3. The molecule has 3 heteroatoms. The van der Waals surface area contributed by atoms with Gasteiger partial charge in [0.15, 0.2) is 0 Å². The average molecular weight is 207 g/mol. The Hall–Kier alpha value is -0.960. The maximum Gasteiger partial charge on any atom is 0.0676 e. The highest BCUT2D eigenvalue weighted by Gasteiger charge is 2.13. The number of aromatic nitrogens is 2. The molecule has 0 spiro atoms. The zero-order chi connectivity index (χ0) is 11.3. The smallest absolute Gasteiger partial charge is 0.0676 e. The summed E-state index contributed by atoms with van der Waals surface area (Å²) in [5.41, 5.74) is 3.43. The fourth-order valence-electron chi connectivity index (χ4n) is 1.85. The molecular formula is C12H21N3. The van der Waals surface area contributed by atoms with Gasteiger partial charge in [0.05, 0.1) is 11.4 Å². The Bertz CT molecular complexity index is 310. The number of nitrogens with zero attached hydrogens (tertiary/aromatic N) is 2. The normalized spacial score (nSPS) is 12.8. The van der Waals surface area contributed by atoms with Crippen molar-refractivity contribution >= 4 is 0 Å². The predicted octanol–water partition coefficient (Wildman–Crippen LogP) is 2.41. The molecule has 0 amide bonds. The first-order chi connectivity index (χ1) is 7.22. The van der Waals surface area contributed by atoms with E-state index in [-0.39, 0.29) is 0 Å². The molecule has 1 rings (SSSR count). The second-order valence-electron chi connectivity index (χ2n) is 3.87. The molecule has 0 saturated heterocycles. The third-order valence-corrected chi connectivity index (χ3v) is 2.66. The Morgan fingerprint density at radius 3 is 2.60 bits per heavy atom. The SMILES string of the molecule is CCCC(NC)c1cc(C)nnc1CC. The molecule has 1 aromatic rings. The summed E-state index contributed by atoms with van der Waals surface area (Å²) in [7, 11) is 2.01. The van der Waals surface area contributed by atoms with Crippen molar-refractivity contribution in [2.45, 2.75) is 46.1 Å². The summed E-state index contributed by atoms with van der Waals surface area (Å²) in [6, 6.07) is 2.57. The lowest BCUT2D eigenvalue weighted by molar-refractivity contribution is 0.532. The van der Waals surface area contributed by atoms with Gasteiger partial charge in [0, 0.05) is 6.04 Å². The second-order valence-corrected chi connectivity index (χ2v) is 3.87. The van der Waals surface area contributed by atoms with E-state index in [4.69, 9.17) is 0 Å². The average Bonchev–Trinajstić information content (AvgIpc) is 2.26. The van der Waals surface area contributed by atoms with Gasteiger partial charge in [0.25, 0.3) is 0 Å². The van der Waals surface area contributed by atoms with Gasteiger partial charge in [-0.3, -0.25) is 0 Å². The van der Waals surface area contributed by atoms with E-state index in [1.54, 1.807) is 0 Å². The van der Waals surface area contributed by atoms with Crippen molar-refractivity contribution < 1.29 is 0 Å². The van der Waals surface area contributed by atoms with E-state index in [0.717, 1.165) is 24.2 Å². The Morgan fingerprint density at radius 1 is 1.33 bits per heavy atom. The van der Waals surface area contributed by atoms with Crippen LogP contribution in [-0.4, -0.2) is 17.2 Å². The van der Waals surface area contributed by atoms with Crippen LogP contribution >= 0.6 is 0 Å². The van der Waals surface area contributed by atoms with Crippen molar-refractivity contribution in [3.63, 3.8) is 0 Å². The molecule has 0 radical (unpaired) electrons. The van der Waals surface area contributed by atoms with E-state index in [0.29, 0.717) is 6.04 Å². The molecule has 1 N–H and O–H groups in total. The fourth-order valence-corrected chi connectivity index (χ4v) is 1.85. The summed E-state index contributed by atoms with van der Waals surface area (Å²) >= 11 is 0. The van der Waals surface area contributed by atoms with Gasteiger partial charge in [-0.2, -0.15) is 10.2 Å². The third kappa shape index (κ3) is 2.99. The van der Waals surface area contributed by atoms with Gasteiger partial charge in [-0.05, 0) is 38.4 Å². The second kappa shape index (κ2) is 5.81. The van der Waals surface area contributed by atoms with Gasteiger partial charge in [-0.1, -0.05) is 20.3 Å². The van der Waals surface area contributed by atoms with Crippen molar-refractivity contribution in [1.82, 2.24) is 15.5 Å². The van der Waals surface area contributed by atoms with Crippen molar-refractivity contribution in [3.8, 4) is 0 Å². The van der Waals surface area contributed by atoms with Crippen molar-refractivity contribution in [3.05, 3.63) is 23.0 Å². The number of nitrogens with one attached hydrogen (secondary N) is 1. The van der Waals surface area contributed by atoms with Crippen molar-refractivity contribution in [2.75, 3.05) is 7.05 Å². The van der Waals surface area contributed by atoms with Gasteiger partial charge < -0.3 is 5.32 Å². The van der Waals surface area contributed by atoms with E-state index in [9.17, 15) is 0 Å². The minimum Gasteiger partial charge on any atom is -0.313 e. The van der Waals surface area contributed by atoms with Crippen LogP contribution in [0.1, 0.15) is 49.7 Å². The Balaban J connectivity index is 3.02. The summed E-state index contributed by atoms with van der Waals surface area (Å²) < 4.78 is 0. The maximum atomic E-state index is 4.26. The summed E-state index contributed by atoms with van der Waals surface area (Å²) in [5.74, 6) is 0.